The Balaban J connectivity index is 2.06. The molecule has 1 saturated carbocycles. The third-order valence-corrected chi connectivity index (χ3v) is 3.30. The van der Waals surface area contributed by atoms with E-state index in [0.717, 1.165) is 19.3 Å². The first-order valence-electron chi connectivity index (χ1n) is 5.54. The second kappa shape index (κ2) is 4.67. The molecule has 0 aliphatic heterocycles. The van der Waals surface area contributed by atoms with E-state index in [9.17, 15) is 10.1 Å². The highest BCUT2D eigenvalue weighted by Crippen LogP contribution is 2.35. The lowest BCUT2D eigenvalue weighted by Gasteiger charge is -2.40. The fraction of sp³-hybridized carbons (Fsp3) is 0.545. The smallest absolute Gasteiger partial charge is 0.310 e. The molecule has 1 aromatic heterocycles. The van der Waals surface area contributed by atoms with Crippen molar-refractivity contribution in [3.05, 3.63) is 28.6 Å². The van der Waals surface area contributed by atoms with E-state index < -0.39 is 4.92 Å². The van der Waals surface area contributed by atoms with Gasteiger partial charge in [-0.3, -0.25) is 15.1 Å². The highest BCUT2D eigenvalue weighted by Gasteiger charge is 2.37. The van der Waals surface area contributed by atoms with Crippen LogP contribution in [0.3, 0.4) is 0 Å². The summed E-state index contributed by atoms with van der Waals surface area (Å²) in [6, 6.07) is 1.61. The number of rotatable bonds is 5. The van der Waals surface area contributed by atoms with Gasteiger partial charge in [0.25, 0.3) is 0 Å². The largest absolute Gasteiger partial charge is 0.376 e. The number of anilines is 1. The summed E-state index contributed by atoms with van der Waals surface area (Å²) in [7, 11) is 1.68. The molecule has 0 spiro atoms. The molecular formula is C11H15N3O3. The van der Waals surface area contributed by atoms with Crippen LogP contribution in [0, 0.1) is 10.1 Å². The molecule has 92 valence electrons. The molecule has 1 N–H and O–H groups in total. The molecule has 1 aliphatic rings. The third-order valence-electron chi connectivity index (χ3n) is 3.30. The number of pyridine rings is 1. The minimum Gasteiger partial charge on any atom is -0.376 e. The van der Waals surface area contributed by atoms with Crippen LogP contribution < -0.4 is 5.32 Å². The zero-order valence-corrected chi connectivity index (χ0v) is 9.68. The van der Waals surface area contributed by atoms with Crippen molar-refractivity contribution in [1.29, 1.82) is 0 Å². The van der Waals surface area contributed by atoms with Gasteiger partial charge in [0.1, 0.15) is 11.9 Å². The minimum absolute atomic E-state index is 0.00178. The molecule has 0 saturated heterocycles. The fourth-order valence-electron chi connectivity index (χ4n) is 1.96. The number of nitrogens with zero attached hydrogens (tertiary/aromatic N) is 2. The Kier molecular flexibility index (Phi) is 3.23. The molecule has 0 unspecified atom stereocenters. The van der Waals surface area contributed by atoms with E-state index in [-0.39, 0.29) is 11.3 Å². The first-order valence-corrected chi connectivity index (χ1v) is 5.54. The summed E-state index contributed by atoms with van der Waals surface area (Å²) < 4.78 is 5.45. The minimum atomic E-state index is -0.435. The molecule has 1 fully saturated rings. The van der Waals surface area contributed by atoms with Crippen molar-refractivity contribution < 1.29 is 9.66 Å². The third kappa shape index (κ3) is 2.36. The SMILES string of the molecule is COC1(CNc2ccncc2[N+](=O)[O-])CCC1. The fourth-order valence-corrected chi connectivity index (χ4v) is 1.96. The van der Waals surface area contributed by atoms with Gasteiger partial charge in [0.05, 0.1) is 10.5 Å². The Hall–Kier alpha value is -1.69. The van der Waals surface area contributed by atoms with Crippen LogP contribution in [0.2, 0.25) is 0 Å². The Morgan fingerprint density at radius 2 is 2.41 bits per heavy atom. The Bertz CT molecular complexity index is 413. The summed E-state index contributed by atoms with van der Waals surface area (Å²) in [5.41, 5.74) is 0.336. The van der Waals surface area contributed by atoms with E-state index in [4.69, 9.17) is 4.74 Å². The van der Waals surface area contributed by atoms with Crippen molar-refractivity contribution in [2.45, 2.75) is 24.9 Å². The highest BCUT2D eigenvalue weighted by molar-refractivity contribution is 5.59. The molecule has 2 rings (SSSR count). The van der Waals surface area contributed by atoms with Crippen LogP contribution in [0.25, 0.3) is 0 Å². The molecule has 17 heavy (non-hydrogen) atoms. The van der Waals surface area contributed by atoms with E-state index in [2.05, 4.69) is 10.3 Å². The summed E-state index contributed by atoms with van der Waals surface area (Å²) in [5, 5.41) is 13.9. The molecule has 0 radical (unpaired) electrons. The van der Waals surface area contributed by atoms with E-state index in [1.807, 2.05) is 0 Å². The van der Waals surface area contributed by atoms with Crippen molar-refractivity contribution in [3.63, 3.8) is 0 Å². The maximum atomic E-state index is 10.8. The van der Waals surface area contributed by atoms with Gasteiger partial charge in [-0.2, -0.15) is 0 Å². The van der Waals surface area contributed by atoms with Gasteiger partial charge in [0, 0.05) is 19.9 Å². The van der Waals surface area contributed by atoms with Gasteiger partial charge in [-0.15, -0.1) is 0 Å². The van der Waals surface area contributed by atoms with Crippen LogP contribution in [-0.2, 0) is 4.74 Å². The van der Waals surface area contributed by atoms with Gasteiger partial charge in [0.2, 0.25) is 0 Å². The predicted molar refractivity (Wildman–Crippen MR) is 63.0 cm³/mol. The van der Waals surface area contributed by atoms with Gasteiger partial charge in [0.15, 0.2) is 0 Å². The Labute approximate surface area is 99.2 Å². The average Bonchev–Trinajstić information content (AvgIpc) is 2.28. The normalized spacial score (nSPS) is 17.2. The van der Waals surface area contributed by atoms with Gasteiger partial charge < -0.3 is 10.1 Å². The summed E-state index contributed by atoms with van der Waals surface area (Å²) >= 11 is 0. The van der Waals surface area contributed by atoms with Gasteiger partial charge in [-0.1, -0.05) is 0 Å². The van der Waals surface area contributed by atoms with Crippen LogP contribution in [-0.4, -0.2) is 29.2 Å². The van der Waals surface area contributed by atoms with Crippen LogP contribution in [0.1, 0.15) is 19.3 Å². The maximum Gasteiger partial charge on any atom is 0.310 e. The number of aromatic nitrogens is 1. The molecule has 0 atom stereocenters. The van der Waals surface area contributed by atoms with E-state index >= 15 is 0 Å². The predicted octanol–water partition coefficient (Wildman–Crippen LogP) is 1.97. The van der Waals surface area contributed by atoms with Crippen molar-refractivity contribution in [2.75, 3.05) is 19.0 Å². The van der Waals surface area contributed by atoms with E-state index in [1.54, 1.807) is 13.2 Å². The number of nitrogens with one attached hydrogen (secondary N) is 1. The molecule has 6 heteroatoms. The lowest BCUT2D eigenvalue weighted by molar-refractivity contribution is -0.384. The number of nitro groups is 1. The Morgan fingerprint density at radius 3 is 2.94 bits per heavy atom. The summed E-state index contributed by atoms with van der Waals surface area (Å²) in [4.78, 5) is 14.1. The zero-order valence-electron chi connectivity index (χ0n) is 9.68. The van der Waals surface area contributed by atoms with Crippen molar-refractivity contribution in [3.8, 4) is 0 Å². The molecule has 1 aromatic rings. The van der Waals surface area contributed by atoms with Crippen molar-refractivity contribution in [1.82, 2.24) is 4.98 Å². The zero-order chi connectivity index (χ0) is 12.3. The number of methoxy groups -OCH3 is 1. The van der Waals surface area contributed by atoms with Crippen molar-refractivity contribution >= 4 is 11.4 Å². The average molecular weight is 237 g/mol. The topological polar surface area (TPSA) is 77.3 Å². The first kappa shape index (κ1) is 11.8. The van der Waals surface area contributed by atoms with E-state index in [0.29, 0.717) is 12.2 Å². The number of ether oxygens (including phenoxy) is 1. The lowest BCUT2D eigenvalue weighted by Crippen LogP contribution is -2.45. The van der Waals surface area contributed by atoms with Gasteiger partial charge in [-0.05, 0) is 25.3 Å². The Morgan fingerprint density at radius 1 is 1.65 bits per heavy atom. The highest BCUT2D eigenvalue weighted by atomic mass is 16.6. The second-order valence-electron chi connectivity index (χ2n) is 4.24. The molecule has 1 aliphatic carbocycles. The first-order chi connectivity index (χ1) is 8.17. The summed E-state index contributed by atoms with van der Waals surface area (Å²) in [5.74, 6) is 0. The van der Waals surface area contributed by atoms with Crippen LogP contribution in [0.4, 0.5) is 11.4 Å². The molecule has 0 aromatic carbocycles. The summed E-state index contributed by atoms with van der Waals surface area (Å²) in [6.45, 7) is 0.592. The molecular weight excluding hydrogens is 222 g/mol. The molecule has 1 heterocycles. The molecule has 6 nitrogen and oxygen atoms in total. The number of hydrogen-bond donors (Lipinski definition) is 1. The molecule has 0 amide bonds. The van der Waals surface area contributed by atoms with Gasteiger partial charge in [-0.25, -0.2) is 0 Å². The van der Waals surface area contributed by atoms with Crippen LogP contribution in [0.15, 0.2) is 18.5 Å². The quantitative estimate of drug-likeness (QED) is 0.625. The number of hydrogen-bond acceptors (Lipinski definition) is 5. The second-order valence-corrected chi connectivity index (χ2v) is 4.24. The van der Waals surface area contributed by atoms with Crippen molar-refractivity contribution in [2.24, 2.45) is 0 Å². The van der Waals surface area contributed by atoms with Gasteiger partial charge >= 0.3 is 5.69 Å². The summed E-state index contributed by atoms with van der Waals surface area (Å²) in [6.07, 6.45) is 5.93. The van der Waals surface area contributed by atoms with Crippen LogP contribution in [0.5, 0.6) is 0 Å². The standard InChI is InChI=1S/C11H15N3O3/c1-17-11(4-2-5-11)8-13-9-3-6-12-7-10(9)14(15)16/h3,6-7H,2,4-5,8H2,1H3,(H,12,13). The lowest BCUT2D eigenvalue weighted by atomic mass is 9.80. The van der Waals surface area contributed by atoms with E-state index in [1.165, 1.54) is 12.4 Å². The molecule has 0 bridgehead atoms. The monoisotopic (exact) mass is 237 g/mol. The maximum absolute atomic E-state index is 10.8. The van der Waals surface area contributed by atoms with Crippen LogP contribution >= 0.6 is 0 Å².